The van der Waals surface area contributed by atoms with Crippen LogP contribution >= 0.6 is 0 Å². The normalized spacial score (nSPS) is 16.8. The van der Waals surface area contributed by atoms with Gasteiger partial charge in [0.1, 0.15) is 11.6 Å². The standard InChI is InChI=1S/C21H28N4O2/c1-3-17-8-4-5-14-25(17)21(26)19-10-11-20(24-23-19)22-13-12-16-7-6-9-18(15-16)27-2/h6-7,9-11,15,17H,3-5,8,12-14H2,1-2H3,(H,22,24). The van der Waals surface area contributed by atoms with Crippen LogP contribution in [0.4, 0.5) is 5.82 Å². The third-order valence-electron chi connectivity index (χ3n) is 5.10. The number of likely N-dealkylation sites (tertiary alicyclic amines) is 1. The molecule has 1 saturated heterocycles. The van der Waals surface area contributed by atoms with Crippen molar-refractivity contribution < 1.29 is 9.53 Å². The molecular formula is C21H28N4O2. The Labute approximate surface area is 160 Å². The van der Waals surface area contributed by atoms with Crippen LogP contribution in [0.3, 0.4) is 0 Å². The van der Waals surface area contributed by atoms with E-state index in [1.165, 1.54) is 12.0 Å². The molecule has 2 heterocycles. The Morgan fingerprint density at radius 2 is 2.15 bits per heavy atom. The molecule has 2 aromatic rings. The van der Waals surface area contributed by atoms with Crippen molar-refractivity contribution in [1.29, 1.82) is 0 Å². The van der Waals surface area contributed by atoms with E-state index >= 15 is 0 Å². The molecule has 1 aliphatic heterocycles. The molecule has 0 bridgehead atoms. The highest BCUT2D eigenvalue weighted by Crippen LogP contribution is 2.21. The molecule has 0 aliphatic carbocycles. The van der Waals surface area contributed by atoms with Crippen molar-refractivity contribution in [3.63, 3.8) is 0 Å². The van der Waals surface area contributed by atoms with Gasteiger partial charge >= 0.3 is 0 Å². The first-order valence-electron chi connectivity index (χ1n) is 9.72. The maximum atomic E-state index is 12.7. The molecular weight excluding hydrogens is 340 g/mol. The molecule has 1 atom stereocenters. The molecule has 3 rings (SSSR count). The van der Waals surface area contributed by atoms with E-state index in [2.05, 4.69) is 28.5 Å². The van der Waals surface area contributed by atoms with E-state index in [-0.39, 0.29) is 5.91 Å². The van der Waals surface area contributed by atoms with Crippen LogP contribution < -0.4 is 10.1 Å². The summed E-state index contributed by atoms with van der Waals surface area (Å²) in [6.07, 6.45) is 5.19. The lowest BCUT2D eigenvalue weighted by atomic mass is 9.99. The predicted molar refractivity (Wildman–Crippen MR) is 106 cm³/mol. The van der Waals surface area contributed by atoms with E-state index in [1.807, 2.05) is 29.2 Å². The lowest BCUT2D eigenvalue weighted by Gasteiger charge is -2.34. The molecule has 0 saturated carbocycles. The molecule has 6 heteroatoms. The minimum absolute atomic E-state index is 0.00280. The SMILES string of the molecule is CCC1CCCCN1C(=O)c1ccc(NCCc2cccc(OC)c2)nn1. The van der Waals surface area contributed by atoms with Crippen LogP contribution in [-0.2, 0) is 6.42 Å². The average Bonchev–Trinajstić information content (AvgIpc) is 2.74. The van der Waals surface area contributed by atoms with Gasteiger partial charge in [0.05, 0.1) is 7.11 Å². The summed E-state index contributed by atoms with van der Waals surface area (Å²) in [5, 5.41) is 11.6. The molecule has 0 spiro atoms. The second-order valence-electron chi connectivity index (χ2n) is 6.89. The van der Waals surface area contributed by atoms with Gasteiger partial charge in [-0.2, -0.15) is 0 Å². The van der Waals surface area contributed by atoms with E-state index in [0.29, 0.717) is 17.6 Å². The number of nitrogens with zero attached hydrogens (tertiary/aromatic N) is 3. The number of hydrogen-bond acceptors (Lipinski definition) is 5. The largest absolute Gasteiger partial charge is 0.497 e. The number of aromatic nitrogens is 2. The number of benzene rings is 1. The molecule has 144 valence electrons. The van der Waals surface area contributed by atoms with Crippen LogP contribution in [0.15, 0.2) is 36.4 Å². The summed E-state index contributed by atoms with van der Waals surface area (Å²) in [6, 6.07) is 11.9. The van der Waals surface area contributed by atoms with Crippen LogP contribution in [0.5, 0.6) is 5.75 Å². The van der Waals surface area contributed by atoms with E-state index in [0.717, 1.165) is 44.5 Å². The van der Waals surface area contributed by atoms with E-state index in [1.54, 1.807) is 13.2 Å². The first-order chi connectivity index (χ1) is 13.2. The summed E-state index contributed by atoms with van der Waals surface area (Å²) in [6.45, 7) is 3.69. The highest BCUT2D eigenvalue weighted by Gasteiger charge is 2.27. The minimum Gasteiger partial charge on any atom is -0.497 e. The van der Waals surface area contributed by atoms with Crippen molar-refractivity contribution in [3.05, 3.63) is 47.7 Å². The molecule has 1 unspecified atom stereocenters. The number of anilines is 1. The first-order valence-corrected chi connectivity index (χ1v) is 9.72. The van der Waals surface area contributed by atoms with Crippen LogP contribution in [-0.4, -0.2) is 47.2 Å². The van der Waals surface area contributed by atoms with Gasteiger partial charge in [-0.05, 0) is 61.9 Å². The van der Waals surface area contributed by atoms with Gasteiger partial charge in [0, 0.05) is 19.1 Å². The van der Waals surface area contributed by atoms with E-state index in [9.17, 15) is 4.79 Å². The number of rotatable bonds is 7. The third kappa shape index (κ3) is 4.96. The lowest BCUT2D eigenvalue weighted by Crippen LogP contribution is -2.43. The van der Waals surface area contributed by atoms with Crippen molar-refractivity contribution in [2.24, 2.45) is 0 Å². The molecule has 1 aromatic carbocycles. The summed E-state index contributed by atoms with van der Waals surface area (Å²) in [5.74, 6) is 1.54. The summed E-state index contributed by atoms with van der Waals surface area (Å²) in [4.78, 5) is 14.7. The van der Waals surface area contributed by atoms with Gasteiger partial charge in [-0.3, -0.25) is 4.79 Å². The second kappa shape index (κ2) is 9.35. The number of carbonyl (C=O) groups excluding carboxylic acids is 1. The van der Waals surface area contributed by atoms with Crippen molar-refractivity contribution in [3.8, 4) is 5.75 Å². The van der Waals surface area contributed by atoms with Gasteiger partial charge in [0.15, 0.2) is 5.69 Å². The van der Waals surface area contributed by atoms with Crippen molar-refractivity contribution in [1.82, 2.24) is 15.1 Å². The van der Waals surface area contributed by atoms with E-state index in [4.69, 9.17) is 4.74 Å². The summed E-state index contributed by atoms with van der Waals surface area (Å²) >= 11 is 0. The fourth-order valence-corrected chi connectivity index (χ4v) is 3.54. The number of hydrogen-bond donors (Lipinski definition) is 1. The monoisotopic (exact) mass is 368 g/mol. The second-order valence-corrected chi connectivity index (χ2v) is 6.89. The zero-order valence-corrected chi connectivity index (χ0v) is 16.1. The maximum absolute atomic E-state index is 12.7. The number of ether oxygens (including phenoxy) is 1. The van der Waals surface area contributed by atoms with Gasteiger partial charge < -0.3 is 15.0 Å². The highest BCUT2D eigenvalue weighted by atomic mass is 16.5. The van der Waals surface area contributed by atoms with Crippen molar-refractivity contribution in [2.45, 2.75) is 45.1 Å². The molecule has 6 nitrogen and oxygen atoms in total. The van der Waals surface area contributed by atoms with E-state index < -0.39 is 0 Å². The Bertz CT molecular complexity index is 748. The zero-order valence-electron chi connectivity index (χ0n) is 16.1. The number of nitrogens with one attached hydrogen (secondary N) is 1. The molecule has 1 N–H and O–H groups in total. The van der Waals surface area contributed by atoms with Gasteiger partial charge in [0.25, 0.3) is 5.91 Å². The fraction of sp³-hybridized carbons (Fsp3) is 0.476. The number of amides is 1. The molecule has 1 amide bonds. The Balaban J connectivity index is 1.54. The first kappa shape index (κ1) is 19.1. The number of carbonyl (C=O) groups is 1. The zero-order chi connectivity index (χ0) is 19.1. The highest BCUT2D eigenvalue weighted by molar-refractivity contribution is 5.92. The average molecular weight is 368 g/mol. The van der Waals surface area contributed by atoms with Crippen LogP contribution in [0.25, 0.3) is 0 Å². The molecule has 1 aliphatic rings. The topological polar surface area (TPSA) is 67.4 Å². The van der Waals surface area contributed by atoms with Gasteiger partial charge in [-0.15, -0.1) is 10.2 Å². The summed E-state index contributed by atoms with van der Waals surface area (Å²) < 4.78 is 5.24. The maximum Gasteiger partial charge on any atom is 0.274 e. The lowest BCUT2D eigenvalue weighted by molar-refractivity contribution is 0.0601. The molecule has 0 radical (unpaired) electrons. The third-order valence-corrected chi connectivity index (χ3v) is 5.10. The van der Waals surface area contributed by atoms with Gasteiger partial charge in [-0.1, -0.05) is 19.1 Å². The Kier molecular flexibility index (Phi) is 6.63. The van der Waals surface area contributed by atoms with Crippen LogP contribution in [0.2, 0.25) is 0 Å². The van der Waals surface area contributed by atoms with Crippen molar-refractivity contribution in [2.75, 3.05) is 25.5 Å². The quantitative estimate of drug-likeness (QED) is 0.810. The fourth-order valence-electron chi connectivity index (χ4n) is 3.54. The van der Waals surface area contributed by atoms with Gasteiger partial charge in [-0.25, -0.2) is 0 Å². The van der Waals surface area contributed by atoms with Gasteiger partial charge in [0.2, 0.25) is 0 Å². The Hall–Kier alpha value is -2.63. The number of piperidine rings is 1. The van der Waals surface area contributed by atoms with Crippen molar-refractivity contribution >= 4 is 11.7 Å². The number of methoxy groups -OCH3 is 1. The molecule has 1 fully saturated rings. The smallest absolute Gasteiger partial charge is 0.274 e. The molecule has 27 heavy (non-hydrogen) atoms. The van der Waals surface area contributed by atoms with Crippen LogP contribution in [0.1, 0.15) is 48.7 Å². The Morgan fingerprint density at radius 3 is 2.89 bits per heavy atom. The Morgan fingerprint density at radius 1 is 1.26 bits per heavy atom. The summed E-state index contributed by atoms with van der Waals surface area (Å²) in [5.41, 5.74) is 1.62. The summed E-state index contributed by atoms with van der Waals surface area (Å²) in [7, 11) is 1.67. The predicted octanol–water partition coefficient (Wildman–Crippen LogP) is 3.54. The minimum atomic E-state index is -0.00280. The van der Waals surface area contributed by atoms with Crippen LogP contribution in [0, 0.1) is 0 Å². The molecule has 1 aromatic heterocycles.